The maximum atomic E-state index is 14.6. The van der Waals surface area contributed by atoms with Crippen LogP contribution >= 0.6 is 11.6 Å². The van der Waals surface area contributed by atoms with Gasteiger partial charge in [-0.15, -0.1) is 0 Å². The Bertz CT molecular complexity index is 873. The summed E-state index contributed by atoms with van der Waals surface area (Å²) in [6.07, 6.45) is 2.07. The van der Waals surface area contributed by atoms with Crippen LogP contribution in [0.3, 0.4) is 0 Å². The summed E-state index contributed by atoms with van der Waals surface area (Å²) in [4.78, 5) is 28.7. The van der Waals surface area contributed by atoms with E-state index in [1.807, 2.05) is 0 Å². The normalized spacial score (nSPS) is 14.1. The predicted molar refractivity (Wildman–Crippen MR) is 87.5 cm³/mol. The van der Waals surface area contributed by atoms with Crippen molar-refractivity contribution in [1.82, 2.24) is 4.98 Å². The Kier molecular flexibility index (Phi) is 4.67. The van der Waals surface area contributed by atoms with Gasteiger partial charge in [-0.2, -0.15) is 0 Å². The van der Waals surface area contributed by atoms with Crippen molar-refractivity contribution >= 4 is 29.2 Å². The van der Waals surface area contributed by atoms with Crippen LogP contribution in [-0.4, -0.2) is 30.5 Å². The van der Waals surface area contributed by atoms with E-state index in [1.165, 1.54) is 24.3 Å². The number of carbonyl (C=O) groups is 2. The SMILES string of the molecule is COC(=O)c1cc(Cl)ncc1-c1cc(F)c(N2CCCC2=O)cc1F. The molecule has 1 aliphatic rings. The number of aromatic nitrogens is 1. The fourth-order valence-electron chi connectivity index (χ4n) is 2.78. The van der Waals surface area contributed by atoms with E-state index in [4.69, 9.17) is 11.6 Å². The highest BCUT2D eigenvalue weighted by atomic mass is 35.5. The van der Waals surface area contributed by atoms with E-state index in [-0.39, 0.29) is 33.4 Å². The fourth-order valence-corrected chi connectivity index (χ4v) is 2.93. The minimum absolute atomic E-state index is 0.0179. The molecule has 1 saturated heterocycles. The molecule has 5 nitrogen and oxygen atoms in total. The Balaban J connectivity index is 2.12. The van der Waals surface area contributed by atoms with E-state index in [0.717, 1.165) is 12.1 Å². The molecular weight excluding hydrogens is 354 g/mol. The maximum Gasteiger partial charge on any atom is 0.338 e. The second kappa shape index (κ2) is 6.76. The van der Waals surface area contributed by atoms with Gasteiger partial charge < -0.3 is 9.64 Å². The van der Waals surface area contributed by atoms with Gasteiger partial charge >= 0.3 is 5.97 Å². The first kappa shape index (κ1) is 17.3. The molecule has 8 heteroatoms. The Hall–Kier alpha value is -2.54. The van der Waals surface area contributed by atoms with Gasteiger partial charge in [-0.05, 0) is 18.6 Å². The molecule has 0 saturated carbocycles. The number of methoxy groups -OCH3 is 1. The molecule has 3 rings (SSSR count). The molecule has 0 bridgehead atoms. The van der Waals surface area contributed by atoms with Gasteiger partial charge in [-0.1, -0.05) is 11.6 Å². The molecule has 0 radical (unpaired) electrons. The molecule has 1 aliphatic heterocycles. The van der Waals surface area contributed by atoms with Crippen molar-refractivity contribution in [2.45, 2.75) is 12.8 Å². The smallest absolute Gasteiger partial charge is 0.338 e. The summed E-state index contributed by atoms with van der Waals surface area (Å²) in [5.41, 5.74) is -0.277. The summed E-state index contributed by atoms with van der Waals surface area (Å²) in [6.45, 7) is 0.338. The summed E-state index contributed by atoms with van der Waals surface area (Å²) in [5, 5.41) is 0.0179. The Morgan fingerprint density at radius 2 is 2.00 bits per heavy atom. The second-order valence-electron chi connectivity index (χ2n) is 5.48. The first-order chi connectivity index (χ1) is 11.9. The Labute approximate surface area is 147 Å². The van der Waals surface area contributed by atoms with Gasteiger partial charge in [0.05, 0.1) is 18.4 Å². The number of benzene rings is 1. The Morgan fingerprint density at radius 1 is 1.24 bits per heavy atom. The minimum Gasteiger partial charge on any atom is -0.465 e. The molecule has 25 heavy (non-hydrogen) atoms. The lowest BCUT2D eigenvalue weighted by Gasteiger charge is -2.18. The van der Waals surface area contributed by atoms with Crippen molar-refractivity contribution in [2.24, 2.45) is 0 Å². The molecule has 0 N–H and O–H groups in total. The zero-order chi connectivity index (χ0) is 18.1. The van der Waals surface area contributed by atoms with Gasteiger partial charge in [-0.3, -0.25) is 4.79 Å². The standard InChI is InChI=1S/C17H13ClF2N2O3/c1-25-17(24)10-6-15(18)21-8-11(10)9-5-13(20)14(7-12(9)19)22-4-2-3-16(22)23/h5-8H,2-4H2,1H3. The Morgan fingerprint density at radius 3 is 2.64 bits per heavy atom. The van der Waals surface area contributed by atoms with Crippen molar-refractivity contribution in [1.29, 1.82) is 0 Å². The monoisotopic (exact) mass is 366 g/mol. The van der Waals surface area contributed by atoms with E-state index >= 15 is 0 Å². The van der Waals surface area contributed by atoms with Crippen LogP contribution in [0.4, 0.5) is 14.5 Å². The van der Waals surface area contributed by atoms with Gasteiger partial charge in [0.2, 0.25) is 5.91 Å². The van der Waals surface area contributed by atoms with E-state index in [0.29, 0.717) is 19.4 Å². The van der Waals surface area contributed by atoms with Crippen LogP contribution in [0.5, 0.6) is 0 Å². The lowest BCUT2D eigenvalue weighted by molar-refractivity contribution is -0.117. The number of hydrogen-bond donors (Lipinski definition) is 0. The zero-order valence-electron chi connectivity index (χ0n) is 13.2. The molecule has 130 valence electrons. The van der Waals surface area contributed by atoms with E-state index < -0.39 is 17.6 Å². The number of ether oxygens (including phenoxy) is 1. The minimum atomic E-state index is -0.787. The summed E-state index contributed by atoms with van der Waals surface area (Å²) >= 11 is 5.77. The van der Waals surface area contributed by atoms with Crippen molar-refractivity contribution in [3.63, 3.8) is 0 Å². The summed E-state index contributed by atoms with van der Waals surface area (Å²) in [7, 11) is 1.17. The van der Waals surface area contributed by atoms with Crippen molar-refractivity contribution in [2.75, 3.05) is 18.6 Å². The van der Waals surface area contributed by atoms with Gasteiger partial charge in [0, 0.05) is 36.4 Å². The number of anilines is 1. The molecule has 1 aromatic heterocycles. The maximum absolute atomic E-state index is 14.6. The highest BCUT2D eigenvalue weighted by Crippen LogP contribution is 2.33. The third-order valence-electron chi connectivity index (χ3n) is 3.97. The highest BCUT2D eigenvalue weighted by molar-refractivity contribution is 6.29. The van der Waals surface area contributed by atoms with Crippen LogP contribution in [-0.2, 0) is 9.53 Å². The number of pyridine rings is 1. The number of hydrogen-bond acceptors (Lipinski definition) is 4. The average Bonchev–Trinajstić information content (AvgIpc) is 3.01. The van der Waals surface area contributed by atoms with Gasteiger partial charge in [0.25, 0.3) is 0 Å². The topological polar surface area (TPSA) is 59.5 Å². The lowest BCUT2D eigenvalue weighted by atomic mass is 10.0. The van der Waals surface area contributed by atoms with E-state index in [2.05, 4.69) is 9.72 Å². The van der Waals surface area contributed by atoms with E-state index in [1.54, 1.807) is 0 Å². The summed E-state index contributed by atoms with van der Waals surface area (Å²) in [6, 6.07) is 3.11. The molecule has 0 atom stereocenters. The van der Waals surface area contributed by atoms with Gasteiger partial charge in [-0.25, -0.2) is 18.6 Å². The van der Waals surface area contributed by atoms with E-state index in [9.17, 15) is 18.4 Å². The quantitative estimate of drug-likeness (QED) is 0.615. The average molecular weight is 367 g/mol. The number of halogens is 3. The second-order valence-corrected chi connectivity index (χ2v) is 5.86. The number of nitrogens with zero attached hydrogens (tertiary/aromatic N) is 2. The number of carbonyl (C=O) groups excluding carboxylic acids is 2. The lowest BCUT2D eigenvalue weighted by Crippen LogP contribution is -2.25. The molecule has 0 unspecified atom stereocenters. The fraction of sp³-hybridized carbons (Fsp3) is 0.235. The van der Waals surface area contributed by atoms with Crippen LogP contribution < -0.4 is 4.90 Å². The third kappa shape index (κ3) is 3.19. The molecule has 1 fully saturated rings. The molecule has 1 amide bonds. The molecule has 2 aromatic rings. The number of amides is 1. The number of esters is 1. The first-order valence-corrected chi connectivity index (χ1v) is 7.84. The van der Waals surface area contributed by atoms with Crippen LogP contribution in [0.1, 0.15) is 23.2 Å². The molecule has 2 heterocycles. The van der Waals surface area contributed by atoms with Gasteiger partial charge in [0.15, 0.2) is 0 Å². The van der Waals surface area contributed by atoms with Crippen LogP contribution in [0.2, 0.25) is 5.15 Å². The van der Waals surface area contributed by atoms with Gasteiger partial charge in [0.1, 0.15) is 16.8 Å². The summed E-state index contributed by atoms with van der Waals surface area (Å²) < 4.78 is 33.8. The molecular formula is C17H13ClF2N2O3. The van der Waals surface area contributed by atoms with Crippen molar-refractivity contribution < 1.29 is 23.1 Å². The van der Waals surface area contributed by atoms with Crippen molar-refractivity contribution in [3.8, 4) is 11.1 Å². The number of rotatable bonds is 3. The predicted octanol–water partition coefficient (Wildman–Crippen LogP) is 3.59. The highest BCUT2D eigenvalue weighted by Gasteiger charge is 2.27. The first-order valence-electron chi connectivity index (χ1n) is 7.46. The van der Waals surface area contributed by atoms with Crippen LogP contribution in [0.15, 0.2) is 24.4 Å². The molecule has 1 aromatic carbocycles. The van der Waals surface area contributed by atoms with Crippen LogP contribution in [0.25, 0.3) is 11.1 Å². The largest absolute Gasteiger partial charge is 0.465 e. The molecule has 0 aliphatic carbocycles. The molecule has 0 spiro atoms. The summed E-state index contributed by atoms with van der Waals surface area (Å²) in [5.74, 6) is -2.56. The van der Waals surface area contributed by atoms with Crippen molar-refractivity contribution in [3.05, 3.63) is 46.7 Å². The zero-order valence-corrected chi connectivity index (χ0v) is 13.9. The third-order valence-corrected chi connectivity index (χ3v) is 4.17. The van der Waals surface area contributed by atoms with Crippen LogP contribution in [0, 0.1) is 11.6 Å².